The van der Waals surface area contributed by atoms with Gasteiger partial charge in [0.05, 0.1) is 29.0 Å². The molecule has 144 valence electrons. The first-order valence-corrected chi connectivity index (χ1v) is 8.64. The number of carbonyl (C=O) groups is 1. The standard InChI is InChI=1S/2C6H11BrO5/c7-3-5(10)4(9)2(1-8)12-6(3)11;7-3(1-8)5(11)6(12)4(10)2-9/h2-6,8-11H,1H2;1,3-6,9-12H,2H2/t2-,3-,4-,5-,6?;3-,4+,5+,6+/m10/s1. The van der Waals surface area contributed by atoms with Crippen LogP contribution in [0.2, 0.25) is 0 Å². The van der Waals surface area contributed by atoms with Gasteiger partial charge in [0.2, 0.25) is 0 Å². The number of aliphatic hydroxyl groups is 8. The third-order valence-corrected chi connectivity index (χ3v) is 4.96. The molecule has 24 heavy (non-hydrogen) atoms. The average Bonchev–Trinajstić information content (AvgIpc) is 2.60. The molecule has 1 rings (SSSR count). The maximum atomic E-state index is 10.1. The fourth-order valence-corrected chi connectivity index (χ4v) is 2.42. The monoisotopic (exact) mass is 484 g/mol. The second-order valence-electron chi connectivity index (χ2n) is 4.98. The van der Waals surface area contributed by atoms with Crippen molar-refractivity contribution in [2.75, 3.05) is 13.2 Å². The summed E-state index contributed by atoms with van der Waals surface area (Å²) >= 11 is 5.72. The molecule has 1 fully saturated rings. The van der Waals surface area contributed by atoms with E-state index in [2.05, 4.69) is 31.9 Å². The second-order valence-corrected chi connectivity index (χ2v) is 7.10. The smallest absolute Gasteiger partial charge is 0.170 e. The Morgan fingerprint density at radius 2 is 1.58 bits per heavy atom. The molecule has 0 aromatic carbocycles. The number of aldehydes is 1. The van der Waals surface area contributed by atoms with Gasteiger partial charge in [-0.3, -0.25) is 0 Å². The Balaban J connectivity index is 0.000000441. The Morgan fingerprint density at radius 1 is 1.04 bits per heavy atom. The summed E-state index contributed by atoms with van der Waals surface area (Å²) in [5, 5.41) is 71.7. The van der Waals surface area contributed by atoms with Gasteiger partial charge in [0.1, 0.15) is 36.8 Å². The van der Waals surface area contributed by atoms with Crippen LogP contribution in [0.3, 0.4) is 0 Å². The van der Waals surface area contributed by atoms with E-state index in [-0.39, 0.29) is 0 Å². The van der Waals surface area contributed by atoms with Gasteiger partial charge in [-0.15, -0.1) is 0 Å². The van der Waals surface area contributed by atoms with Crippen molar-refractivity contribution in [3.05, 3.63) is 0 Å². The highest BCUT2D eigenvalue weighted by atomic mass is 79.9. The minimum Gasteiger partial charge on any atom is -0.394 e. The number of ether oxygens (including phenoxy) is 1. The molecule has 0 aliphatic carbocycles. The Labute approximate surface area is 154 Å². The number of rotatable bonds is 6. The van der Waals surface area contributed by atoms with Crippen LogP contribution >= 0.6 is 31.9 Å². The van der Waals surface area contributed by atoms with Crippen LogP contribution in [-0.2, 0) is 9.53 Å². The molecule has 0 aromatic rings. The van der Waals surface area contributed by atoms with E-state index in [9.17, 15) is 15.0 Å². The number of hydrogen-bond acceptors (Lipinski definition) is 10. The zero-order valence-electron chi connectivity index (χ0n) is 12.3. The number of halogens is 2. The van der Waals surface area contributed by atoms with Crippen LogP contribution in [0.15, 0.2) is 0 Å². The van der Waals surface area contributed by atoms with Crippen LogP contribution in [-0.4, -0.2) is 113 Å². The van der Waals surface area contributed by atoms with Crippen molar-refractivity contribution >= 4 is 38.1 Å². The molecule has 9 atom stereocenters. The minimum absolute atomic E-state index is 0.387. The van der Waals surface area contributed by atoms with Crippen LogP contribution in [0.4, 0.5) is 0 Å². The first kappa shape index (κ1) is 24.3. The molecule has 8 N–H and O–H groups in total. The van der Waals surface area contributed by atoms with Crippen LogP contribution < -0.4 is 0 Å². The number of alkyl halides is 2. The lowest BCUT2D eigenvalue weighted by atomic mass is 10.0. The summed E-state index contributed by atoms with van der Waals surface area (Å²) in [6.07, 6.45) is -8.47. The third kappa shape index (κ3) is 6.88. The van der Waals surface area contributed by atoms with Gasteiger partial charge in [0.25, 0.3) is 0 Å². The maximum Gasteiger partial charge on any atom is 0.170 e. The molecule has 0 radical (unpaired) electrons. The predicted octanol–water partition coefficient (Wildman–Crippen LogP) is -3.79. The Bertz CT molecular complexity index is 358. The van der Waals surface area contributed by atoms with Crippen molar-refractivity contribution in [3.63, 3.8) is 0 Å². The lowest BCUT2D eigenvalue weighted by Crippen LogP contribution is -2.56. The Kier molecular flexibility index (Phi) is 11.9. The van der Waals surface area contributed by atoms with Crippen LogP contribution in [0.1, 0.15) is 0 Å². The summed E-state index contributed by atoms with van der Waals surface area (Å²) in [6.45, 7) is -1.11. The van der Waals surface area contributed by atoms with Gasteiger partial charge in [-0.05, 0) is 0 Å². The Hall–Kier alpha value is 0.270. The first-order valence-electron chi connectivity index (χ1n) is 6.81. The van der Waals surface area contributed by atoms with Gasteiger partial charge in [0, 0.05) is 0 Å². The van der Waals surface area contributed by atoms with Crippen molar-refractivity contribution in [1.29, 1.82) is 0 Å². The second kappa shape index (κ2) is 11.8. The molecule has 0 bridgehead atoms. The van der Waals surface area contributed by atoms with E-state index in [0.717, 1.165) is 0 Å². The Morgan fingerprint density at radius 3 is 2.00 bits per heavy atom. The molecular formula is C12H22Br2O10. The SMILES string of the molecule is O=C[C@H](Br)[C@@H](O)[C@H](O)[C@H](O)CO.OC[C@H]1OC(O)[C@H](Br)[C@@H](O)[C@@H]1O. The summed E-state index contributed by atoms with van der Waals surface area (Å²) in [7, 11) is 0. The van der Waals surface area contributed by atoms with E-state index in [4.69, 9.17) is 35.4 Å². The lowest BCUT2D eigenvalue weighted by molar-refractivity contribution is -0.233. The number of carbonyl (C=O) groups excluding carboxylic acids is 1. The molecule has 0 aromatic heterocycles. The number of aliphatic hydroxyl groups excluding tert-OH is 8. The predicted molar refractivity (Wildman–Crippen MR) is 86.6 cm³/mol. The fraction of sp³-hybridized carbons (Fsp3) is 0.917. The zero-order valence-corrected chi connectivity index (χ0v) is 15.5. The maximum absolute atomic E-state index is 10.1. The normalized spacial score (nSPS) is 35.2. The molecule has 1 unspecified atom stereocenters. The summed E-state index contributed by atoms with van der Waals surface area (Å²) in [5.41, 5.74) is 0. The summed E-state index contributed by atoms with van der Waals surface area (Å²) in [4.78, 5) is 8.42. The first-order chi connectivity index (χ1) is 11.1. The van der Waals surface area contributed by atoms with E-state index >= 15 is 0 Å². The van der Waals surface area contributed by atoms with Crippen LogP contribution in [0.5, 0.6) is 0 Å². The van der Waals surface area contributed by atoms with E-state index in [1.165, 1.54) is 0 Å². The van der Waals surface area contributed by atoms with Gasteiger partial charge in [0.15, 0.2) is 6.29 Å². The van der Waals surface area contributed by atoms with Crippen LogP contribution in [0.25, 0.3) is 0 Å². The molecular weight excluding hydrogens is 464 g/mol. The van der Waals surface area contributed by atoms with Gasteiger partial charge in [-0.25, -0.2) is 0 Å². The van der Waals surface area contributed by atoms with E-state index in [0.29, 0.717) is 6.29 Å². The van der Waals surface area contributed by atoms with Crippen molar-refractivity contribution in [2.24, 2.45) is 0 Å². The number of hydrogen-bond donors (Lipinski definition) is 8. The molecule has 1 saturated heterocycles. The topological polar surface area (TPSA) is 188 Å². The van der Waals surface area contributed by atoms with Crippen LogP contribution in [0, 0.1) is 0 Å². The van der Waals surface area contributed by atoms with Gasteiger partial charge >= 0.3 is 0 Å². The zero-order chi connectivity index (χ0) is 19.0. The fourth-order valence-electron chi connectivity index (χ4n) is 1.67. The quantitative estimate of drug-likeness (QED) is 0.137. The molecule has 1 aliphatic rings. The van der Waals surface area contributed by atoms with Crippen molar-refractivity contribution in [2.45, 2.75) is 52.6 Å². The highest BCUT2D eigenvalue weighted by molar-refractivity contribution is 9.10. The summed E-state index contributed by atoms with van der Waals surface area (Å²) in [5.74, 6) is 0. The highest BCUT2D eigenvalue weighted by Crippen LogP contribution is 2.24. The van der Waals surface area contributed by atoms with E-state index in [1.54, 1.807) is 0 Å². The third-order valence-electron chi connectivity index (χ3n) is 3.21. The molecule has 1 heterocycles. The summed E-state index contributed by atoms with van der Waals surface area (Å²) < 4.78 is 4.78. The highest BCUT2D eigenvalue weighted by Gasteiger charge is 2.42. The molecule has 0 spiro atoms. The average molecular weight is 486 g/mol. The van der Waals surface area contributed by atoms with Gasteiger partial charge in [-0.2, -0.15) is 0 Å². The van der Waals surface area contributed by atoms with E-state index in [1.807, 2.05) is 0 Å². The minimum atomic E-state index is -1.54. The van der Waals surface area contributed by atoms with Gasteiger partial charge < -0.3 is 50.4 Å². The molecule has 10 nitrogen and oxygen atoms in total. The summed E-state index contributed by atoms with van der Waals surface area (Å²) in [6, 6.07) is 0. The van der Waals surface area contributed by atoms with Gasteiger partial charge in [-0.1, -0.05) is 31.9 Å². The molecule has 0 amide bonds. The molecule has 1 aliphatic heterocycles. The largest absolute Gasteiger partial charge is 0.394 e. The molecule has 0 saturated carbocycles. The lowest BCUT2D eigenvalue weighted by Gasteiger charge is -2.37. The van der Waals surface area contributed by atoms with Crippen molar-refractivity contribution in [1.82, 2.24) is 0 Å². The van der Waals surface area contributed by atoms with E-state index < -0.39 is 65.8 Å². The van der Waals surface area contributed by atoms with Crippen molar-refractivity contribution in [3.8, 4) is 0 Å². The van der Waals surface area contributed by atoms with Crippen molar-refractivity contribution < 1.29 is 50.4 Å². The molecule has 12 heteroatoms.